The van der Waals surface area contributed by atoms with Crippen molar-refractivity contribution in [3.05, 3.63) is 59.9 Å². The summed E-state index contributed by atoms with van der Waals surface area (Å²) in [5.74, 6) is -1.96. The number of aromatic hydroxyl groups is 1. The van der Waals surface area contributed by atoms with Crippen molar-refractivity contribution in [2.75, 3.05) is 0 Å². The van der Waals surface area contributed by atoms with Gasteiger partial charge in [-0.05, 0) is 36.4 Å². The largest absolute Gasteiger partial charge is 0.508 e. The smallest absolute Gasteiger partial charge is 0.338 e. The maximum Gasteiger partial charge on any atom is 0.338 e. The summed E-state index contributed by atoms with van der Waals surface area (Å²) in [4.78, 5) is 15.2. The number of aromatic nitrogens is 1. The molecule has 1 aromatic heterocycles. The highest BCUT2D eigenvalue weighted by Crippen LogP contribution is 2.24. The fourth-order valence-corrected chi connectivity index (χ4v) is 2.12. The molecule has 0 aliphatic carbocycles. The van der Waals surface area contributed by atoms with Crippen LogP contribution in [0.2, 0.25) is 0 Å². The van der Waals surface area contributed by atoms with Crippen LogP contribution in [-0.4, -0.2) is 21.2 Å². The van der Waals surface area contributed by atoms with Crippen molar-refractivity contribution in [1.82, 2.24) is 4.98 Å². The van der Waals surface area contributed by atoms with Gasteiger partial charge in [0.2, 0.25) is 0 Å². The molecule has 0 saturated heterocycles. The Morgan fingerprint density at radius 1 is 1.05 bits per heavy atom. The Bertz CT molecular complexity index is 861. The van der Waals surface area contributed by atoms with Crippen LogP contribution in [0.4, 0.5) is 4.39 Å². The Kier molecular flexibility index (Phi) is 3.02. The van der Waals surface area contributed by atoms with Gasteiger partial charge in [0.05, 0.1) is 16.8 Å². The van der Waals surface area contributed by atoms with E-state index in [0.717, 1.165) is 11.5 Å². The summed E-state index contributed by atoms with van der Waals surface area (Å²) >= 11 is 0. The molecule has 5 heteroatoms. The van der Waals surface area contributed by atoms with E-state index in [1.807, 2.05) is 0 Å². The van der Waals surface area contributed by atoms with E-state index in [1.54, 1.807) is 24.3 Å². The number of rotatable bonds is 2. The number of fused-ring (bicyclic) bond motifs is 1. The first-order valence-corrected chi connectivity index (χ1v) is 6.17. The monoisotopic (exact) mass is 283 g/mol. The first kappa shape index (κ1) is 13.1. The molecule has 3 rings (SSSR count). The van der Waals surface area contributed by atoms with Gasteiger partial charge in [-0.3, -0.25) is 0 Å². The molecule has 0 aliphatic heterocycles. The van der Waals surface area contributed by atoms with Crippen molar-refractivity contribution in [3.8, 4) is 17.0 Å². The van der Waals surface area contributed by atoms with Gasteiger partial charge in [0.15, 0.2) is 0 Å². The molecule has 3 aromatic rings. The summed E-state index contributed by atoms with van der Waals surface area (Å²) in [6.45, 7) is 0. The van der Waals surface area contributed by atoms with E-state index in [-0.39, 0.29) is 11.3 Å². The van der Waals surface area contributed by atoms with E-state index in [9.17, 15) is 14.3 Å². The number of carbonyl (C=O) groups is 1. The molecule has 0 saturated carbocycles. The zero-order chi connectivity index (χ0) is 15.0. The minimum atomic E-state index is -1.30. The van der Waals surface area contributed by atoms with E-state index in [0.29, 0.717) is 16.8 Å². The molecule has 0 unspecified atom stereocenters. The molecular weight excluding hydrogens is 273 g/mol. The maximum atomic E-state index is 13.7. The number of hydrogen-bond acceptors (Lipinski definition) is 3. The van der Waals surface area contributed by atoms with Crippen molar-refractivity contribution in [2.45, 2.75) is 0 Å². The van der Waals surface area contributed by atoms with Crippen molar-refractivity contribution >= 4 is 16.9 Å². The lowest BCUT2D eigenvalue weighted by atomic mass is 10.1. The molecule has 2 N–H and O–H groups in total. The summed E-state index contributed by atoms with van der Waals surface area (Å²) in [7, 11) is 0. The minimum Gasteiger partial charge on any atom is -0.508 e. The van der Waals surface area contributed by atoms with Crippen LogP contribution in [0.5, 0.6) is 5.75 Å². The average Bonchev–Trinajstić information content (AvgIpc) is 2.46. The van der Waals surface area contributed by atoms with Gasteiger partial charge < -0.3 is 10.2 Å². The van der Waals surface area contributed by atoms with E-state index >= 15 is 0 Å². The first-order chi connectivity index (χ1) is 10.0. The van der Waals surface area contributed by atoms with Crippen LogP contribution in [0, 0.1) is 5.82 Å². The van der Waals surface area contributed by atoms with Gasteiger partial charge in [-0.1, -0.05) is 12.1 Å². The number of halogens is 1. The number of pyridine rings is 1. The second-order valence-corrected chi connectivity index (χ2v) is 4.57. The van der Waals surface area contributed by atoms with E-state index < -0.39 is 11.8 Å². The fourth-order valence-electron chi connectivity index (χ4n) is 2.12. The lowest BCUT2D eigenvalue weighted by Gasteiger charge is -2.05. The number of benzene rings is 2. The maximum absolute atomic E-state index is 13.7. The number of phenols is 1. The summed E-state index contributed by atoms with van der Waals surface area (Å²) < 4.78 is 13.7. The van der Waals surface area contributed by atoms with Crippen LogP contribution in [0.25, 0.3) is 22.2 Å². The van der Waals surface area contributed by atoms with Gasteiger partial charge in [0.25, 0.3) is 0 Å². The predicted octanol–water partition coefficient (Wildman–Crippen LogP) is 3.44. The lowest BCUT2D eigenvalue weighted by molar-refractivity contribution is 0.0692. The molecule has 0 amide bonds. The molecule has 0 aliphatic rings. The normalized spacial score (nSPS) is 10.7. The second kappa shape index (κ2) is 4.86. The number of hydrogen-bond donors (Lipinski definition) is 2. The third kappa shape index (κ3) is 2.41. The molecule has 21 heavy (non-hydrogen) atoms. The Morgan fingerprint density at radius 3 is 2.57 bits per heavy atom. The van der Waals surface area contributed by atoms with E-state index in [4.69, 9.17) is 5.11 Å². The molecule has 4 nitrogen and oxygen atoms in total. The topological polar surface area (TPSA) is 70.4 Å². The van der Waals surface area contributed by atoms with Crippen LogP contribution in [-0.2, 0) is 0 Å². The fraction of sp³-hybridized carbons (Fsp3) is 0. The number of carboxylic acid groups (broad SMARTS) is 1. The highest BCUT2D eigenvalue weighted by atomic mass is 19.1. The second-order valence-electron chi connectivity index (χ2n) is 4.57. The van der Waals surface area contributed by atoms with Crippen LogP contribution in [0.1, 0.15) is 10.4 Å². The van der Waals surface area contributed by atoms with Crippen molar-refractivity contribution in [3.63, 3.8) is 0 Å². The molecular formula is C16H10FNO3. The molecule has 104 valence electrons. The predicted molar refractivity (Wildman–Crippen MR) is 75.8 cm³/mol. The Labute approximate surface area is 119 Å². The number of carboxylic acids is 1. The SMILES string of the molecule is O=C(O)c1ccc(-c2ccc3cc(O)ccc3n2)cc1F. The first-order valence-electron chi connectivity index (χ1n) is 6.17. The average molecular weight is 283 g/mol. The van der Waals surface area contributed by atoms with Gasteiger partial charge in [-0.25, -0.2) is 14.2 Å². The standard InChI is InChI=1S/C16H10FNO3/c17-13-8-10(1-4-12(13)16(20)21)14-5-2-9-7-11(19)3-6-15(9)18-14/h1-8,19H,(H,20,21). The third-order valence-corrected chi connectivity index (χ3v) is 3.17. The quantitative estimate of drug-likeness (QED) is 0.755. The number of phenolic OH excluding ortho intramolecular Hbond substituents is 1. The summed E-state index contributed by atoms with van der Waals surface area (Å²) in [6.07, 6.45) is 0. The Hall–Kier alpha value is -2.95. The molecule has 0 bridgehead atoms. The highest BCUT2D eigenvalue weighted by Gasteiger charge is 2.12. The van der Waals surface area contributed by atoms with Crippen molar-refractivity contribution in [2.24, 2.45) is 0 Å². The highest BCUT2D eigenvalue weighted by molar-refractivity contribution is 5.89. The zero-order valence-corrected chi connectivity index (χ0v) is 10.7. The van der Waals surface area contributed by atoms with Crippen LogP contribution >= 0.6 is 0 Å². The van der Waals surface area contributed by atoms with Crippen molar-refractivity contribution in [1.29, 1.82) is 0 Å². The van der Waals surface area contributed by atoms with Crippen molar-refractivity contribution < 1.29 is 19.4 Å². The van der Waals surface area contributed by atoms with E-state index in [1.165, 1.54) is 18.2 Å². The lowest BCUT2D eigenvalue weighted by Crippen LogP contribution is -2.00. The third-order valence-electron chi connectivity index (χ3n) is 3.17. The molecule has 1 heterocycles. The van der Waals surface area contributed by atoms with Gasteiger partial charge in [-0.15, -0.1) is 0 Å². The molecule has 0 spiro atoms. The summed E-state index contributed by atoms with van der Waals surface area (Å²) in [5.41, 5.74) is 1.31. The molecule has 0 radical (unpaired) electrons. The Balaban J connectivity index is 2.10. The molecule has 0 atom stereocenters. The van der Waals surface area contributed by atoms with Crippen LogP contribution in [0.15, 0.2) is 48.5 Å². The van der Waals surface area contributed by atoms with Crippen LogP contribution < -0.4 is 0 Å². The van der Waals surface area contributed by atoms with E-state index in [2.05, 4.69) is 4.98 Å². The summed E-state index contributed by atoms with van der Waals surface area (Å²) in [6, 6.07) is 12.1. The molecule has 0 fully saturated rings. The Morgan fingerprint density at radius 2 is 1.86 bits per heavy atom. The zero-order valence-electron chi connectivity index (χ0n) is 10.7. The molecule has 2 aromatic carbocycles. The number of aromatic carboxylic acids is 1. The summed E-state index contributed by atoms with van der Waals surface area (Å²) in [5, 5.41) is 19.0. The van der Waals surface area contributed by atoms with Gasteiger partial charge >= 0.3 is 5.97 Å². The number of nitrogens with zero attached hydrogens (tertiary/aromatic N) is 1. The van der Waals surface area contributed by atoms with Crippen LogP contribution in [0.3, 0.4) is 0 Å². The van der Waals surface area contributed by atoms with Gasteiger partial charge in [0.1, 0.15) is 11.6 Å². The van der Waals surface area contributed by atoms with Gasteiger partial charge in [-0.2, -0.15) is 0 Å². The minimum absolute atomic E-state index is 0.147. The van der Waals surface area contributed by atoms with Gasteiger partial charge in [0, 0.05) is 10.9 Å².